The molecule has 9 heteroatoms. The van der Waals surface area contributed by atoms with Gasteiger partial charge >= 0.3 is 6.43 Å². The van der Waals surface area contributed by atoms with E-state index in [-0.39, 0.29) is 5.89 Å². The number of alkyl halides is 2. The number of hydrogen-bond acceptors (Lipinski definition) is 5. The zero-order valence-electron chi connectivity index (χ0n) is 14.1. The van der Waals surface area contributed by atoms with Crippen molar-refractivity contribution in [3.63, 3.8) is 0 Å². The van der Waals surface area contributed by atoms with Gasteiger partial charge in [-0.1, -0.05) is 12.1 Å². The highest BCUT2D eigenvalue weighted by molar-refractivity contribution is 7.85. The van der Waals surface area contributed by atoms with Gasteiger partial charge in [0.1, 0.15) is 11.0 Å². The molecule has 0 spiro atoms. The van der Waals surface area contributed by atoms with Crippen LogP contribution in [-0.2, 0) is 17.5 Å². The van der Waals surface area contributed by atoms with E-state index in [1.807, 2.05) is 31.2 Å². The number of aromatic nitrogens is 3. The van der Waals surface area contributed by atoms with Crippen molar-refractivity contribution in [3.8, 4) is 11.5 Å². The summed E-state index contributed by atoms with van der Waals surface area (Å²) in [6.45, 7) is 2.30. The second-order valence-electron chi connectivity index (χ2n) is 5.58. The van der Waals surface area contributed by atoms with Crippen LogP contribution in [0.1, 0.15) is 23.6 Å². The van der Waals surface area contributed by atoms with Crippen molar-refractivity contribution in [1.82, 2.24) is 15.2 Å². The van der Waals surface area contributed by atoms with Crippen LogP contribution in [-0.4, -0.2) is 25.6 Å². The van der Waals surface area contributed by atoms with E-state index in [0.717, 1.165) is 11.3 Å². The summed E-state index contributed by atoms with van der Waals surface area (Å²) in [5, 5.41) is 6.88. The molecule has 0 bridgehead atoms. The van der Waals surface area contributed by atoms with Crippen molar-refractivity contribution in [3.05, 3.63) is 59.7 Å². The van der Waals surface area contributed by atoms with Gasteiger partial charge in [0.25, 0.3) is 5.89 Å². The largest absolute Gasteiger partial charge is 0.415 e. The van der Waals surface area contributed by atoms with E-state index in [1.54, 1.807) is 22.7 Å². The van der Waals surface area contributed by atoms with Gasteiger partial charge in [-0.25, -0.2) is 4.21 Å². The van der Waals surface area contributed by atoms with Gasteiger partial charge < -0.3 is 4.42 Å². The summed E-state index contributed by atoms with van der Waals surface area (Å²) in [6.07, 6.45) is 0.248. The maximum atomic E-state index is 12.5. The fraction of sp³-hybridized carbons (Fsp3) is 0.235. The van der Waals surface area contributed by atoms with Crippen LogP contribution in [0.4, 0.5) is 14.5 Å². The minimum absolute atomic E-state index is 0.0195. The average molecular weight is 378 g/mol. The fourth-order valence-electron chi connectivity index (χ4n) is 2.34. The second-order valence-corrected chi connectivity index (χ2v) is 6.87. The Morgan fingerprint density at radius 3 is 2.62 bits per heavy atom. The molecule has 0 fully saturated rings. The lowest BCUT2D eigenvalue weighted by molar-refractivity contribution is 0.116. The van der Waals surface area contributed by atoms with Crippen molar-refractivity contribution in [1.29, 1.82) is 0 Å². The van der Waals surface area contributed by atoms with E-state index in [9.17, 15) is 13.0 Å². The van der Waals surface area contributed by atoms with E-state index >= 15 is 0 Å². The molecule has 0 aliphatic carbocycles. The zero-order valence-corrected chi connectivity index (χ0v) is 14.9. The number of hydrogen-bond donors (Lipinski definition) is 0. The van der Waals surface area contributed by atoms with Crippen molar-refractivity contribution in [2.75, 3.05) is 10.6 Å². The predicted octanol–water partition coefficient (Wildman–Crippen LogP) is 3.68. The third-order valence-electron chi connectivity index (χ3n) is 3.60. The van der Waals surface area contributed by atoms with Gasteiger partial charge in [-0.15, -0.1) is 10.2 Å². The Morgan fingerprint density at radius 1 is 1.23 bits per heavy atom. The highest BCUT2D eigenvalue weighted by Crippen LogP contribution is 2.24. The number of halogens is 2. The SMILES string of the molecule is Cc1cccc(N(Cc2ccc(-c3nnc(C(F)F)o3)cn2)S(C)=O)c1. The molecule has 0 amide bonds. The summed E-state index contributed by atoms with van der Waals surface area (Å²) >= 11 is 0. The molecular formula is C17H16F2N4O2S. The van der Waals surface area contributed by atoms with Crippen molar-refractivity contribution in [2.24, 2.45) is 0 Å². The standard InChI is InChI=1S/C17H16F2N4O2S/c1-11-4-3-5-14(8-11)23(26(2)24)10-13-7-6-12(9-20-13)16-21-22-17(25-16)15(18)19/h3-9,15H,10H2,1-2H3. The maximum absolute atomic E-state index is 12.5. The molecule has 136 valence electrons. The van der Waals surface area contributed by atoms with Gasteiger partial charge in [-0.05, 0) is 36.8 Å². The number of benzene rings is 1. The normalized spacial score (nSPS) is 12.3. The minimum atomic E-state index is -2.81. The number of aryl methyl sites for hydroxylation is 1. The monoisotopic (exact) mass is 378 g/mol. The third-order valence-corrected chi connectivity index (χ3v) is 4.57. The molecule has 2 aromatic heterocycles. The Morgan fingerprint density at radius 2 is 2.04 bits per heavy atom. The first kappa shape index (κ1) is 18.1. The summed E-state index contributed by atoms with van der Waals surface area (Å²) in [4.78, 5) is 4.29. The fourth-order valence-corrected chi connectivity index (χ4v) is 3.07. The van der Waals surface area contributed by atoms with Crippen LogP contribution in [0.2, 0.25) is 0 Å². The summed E-state index contributed by atoms with van der Waals surface area (Å²) < 4.78 is 43.8. The molecule has 3 rings (SSSR count). The lowest BCUT2D eigenvalue weighted by atomic mass is 10.2. The Bertz CT molecular complexity index is 915. The molecule has 2 heterocycles. The lowest BCUT2D eigenvalue weighted by Gasteiger charge is -2.21. The van der Waals surface area contributed by atoms with Crippen LogP contribution < -0.4 is 4.31 Å². The molecule has 1 aromatic carbocycles. The van der Waals surface area contributed by atoms with E-state index in [0.29, 0.717) is 17.8 Å². The molecule has 3 aromatic rings. The maximum Gasteiger partial charge on any atom is 0.314 e. The quantitative estimate of drug-likeness (QED) is 0.654. The number of nitrogens with zero attached hydrogens (tertiary/aromatic N) is 4. The molecule has 6 nitrogen and oxygen atoms in total. The molecule has 0 aliphatic rings. The smallest absolute Gasteiger partial charge is 0.314 e. The van der Waals surface area contributed by atoms with E-state index in [2.05, 4.69) is 15.2 Å². The van der Waals surface area contributed by atoms with Crippen molar-refractivity contribution in [2.45, 2.75) is 19.9 Å². The molecule has 26 heavy (non-hydrogen) atoms. The Labute approximate surface area is 151 Å². The second kappa shape index (κ2) is 7.69. The Kier molecular flexibility index (Phi) is 5.36. The molecule has 0 N–H and O–H groups in total. The summed E-state index contributed by atoms with van der Waals surface area (Å²) in [5.74, 6) is -0.745. The van der Waals surface area contributed by atoms with Crippen LogP contribution in [0.15, 0.2) is 47.0 Å². The predicted molar refractivity (Wildman–Crippen MR) is 93.9 cm³/mol. The highest BCUT2D eigenvalue weighted by atomic mass is 32.2. The highest BCUT2D eigenvalue weighted by Gasteiger charge is 2.17. The molecular weight excluding hydrogens is 362 g/mol. The minimum Gasteiger partial charge on any atom is -0.415 e. The van der Waals surface area contributed by atoms with E-state index in [1.165, 1.54) is 6.20 Å². The van der Waals surface area contributed by atoms with Crippen LogP contribution in [0.3, 0.4) is 0 Å². The lowest BCUT2D eigenvalue weighted by Crippen LogP contribution is -2.24. The molecule has 1 unspecified atom stereocenters. The number of rotatable bonds is 6. The van der Waals surface area contributed by atoms with Gasteiger partial charge in [0.15, 0.2) is 0 Å². The Balaban J connectivity index is 1.79. The molecule has 0 saturated carbocycles. The summed E-state index contributed by atoms with van der Waals surface area (Å²) in [5.41, 5.74) is 3.00. The van der Waals surface area contributed by atoms with Crippen LogP contribution in [0.25, 0.3) is 11.5 Å². The van der Waals surface area contributed by atoms with Gasteiger partial charge in [-0.2, -0.15) is 8.78 Å². The number of pyridine rings is 1. The van der Waals surface area contributed by atoms with Crippen molar-refractivity contribution >= 4 is 16.7 Å². The Hall–Kier alpha value is -2.68. The summed E-state index contributed by atoms with van der Waals surface area (Å²) in [7, 11) is -1.24. The topological polar surface area (TPSA) is 72.1 Å². The molecule has 0 saturated heterocycles. The van der Waals surface area contributed by atoms with Gasteiger partial charge in [-0.3, -0.25) is 9.29 Å². The van der Waals surface area contributed by atoms with Crippen LogP contribution in [0, 0.1) is 6.92 Å². The molecule has 0 radical (unpaired) electrons. The first-order valence-electron chi connectivity index (χ1n) is 7.68. The van der Waals surface area contributed by atoms with Crippen molar-refractivity contribution < 1.29 is 17.4 Å². The molecule has 1 atom stereocenters. The zero-order chi connectivity index (χ0) is 18.7. The van der Waals surface area contributed by atoms with E-state index < -0.39 is 23.3 Å². The number of anilines is 1. The molecule has 0 aliphatic heterocycles. The summed E-state index contributed by atoms with van der Waals surface area (Å²) in [6, 6.07) is 11.0. The third kappa shape index (κ3) is 4.10. The van der Waals surface area contributed by atoms with Gasteiger partial charge in [0.2, 0.25) is 5.89 Å². The first-order chi connectivity index (χ1) is 12.4. The first-order valence-corrected chi connectivity index (χ1v) is 9.20. The average Bonchev–Trinajstić information content (AvgIpc) is 3.10. The van der Waals surface area contributed by atoms with Gasteiger partial charge in [0, 0.05) is 18.1 Å². The van der Waals surface area contributed by atoms with E-state index in [4.69, 9.17) is 4.42 Å². The van der Waals surface area contributed by atoms with Gasteiger partial charge in [0.05, 0.1) is 17.8 Å². The van der Waals surface area contributed by atoms with Crippen LogP contribution in [0.5, 0.6) is 0 Å². The van der Waals surface area contributed by atoms with Crippen LogP contribution >= 0.6 is 0 Å².